The quantitative estimate of drug-likeness (QED) is 0.0816. The molecule has 16 amide bonds. The SMILES string of the molecule is CC[C@H](C)[C@@H]1NC(=O)[C@@H]2CCCN2C(=O)[C@@H]2CCCN2C(=O)[C@H]([C@@H](C)CC)NC(=O)[C@H](CO)NC(=O)[C@H](Cc2ccc(O)cc2)NC(=O)[C@H]([C@@H](C)O)NC(=O)[C@@H]2CSSC[C@H](NC1=O)C(=O)N[C@@H](CC(N)=O)C(=O)N1CCC[C@H]1C(=O)N[C@@H](CC(N)=O)C(=O)NCC(=O)N[C@@H]([C@@H](C)O)C(=O)N2. The van der Waals surface area contributed by atoms with E-state index in [9.17, 15) is 97.1 Å². The van der Waals surface area contributed by atoms with Crippen molar-refractivity contribution in [3.63, 3.8) is 0 Å². The number of benzene rings is 1. The summed E-state index contributed by atoms with van der Waals surface area (Å²) in [5.41, 5.74) is 11.4. The fourth-order valence-electron chi connectivity index (χ4n) is 12.2. The van der Waals surface area contributed by atoms with Crippen molar-refractivity contribution in [1.82, 2.24) is 73.2 Å². The summed E-state index contributed by atoms with van der Waals surface area (Å²) < 4.78 is 0. The highest BCUT2D eigenvalue weighted by atomic mass is 33.1. The van der Waals surface area contributed by atoms with Crippen molar-refractivity contribution >= 4 is 116 Å². The summed E-state index contributed by atoms with van der Waals surface area (Å²) in [5, 5.41) is 69.8. The molecule has 1 aromatic rings. The number of nitrogens with zero attached hydrogens (tertiary/aromatic N) is 3. The minimum Gasteiger partial charge on any atom is -0.508 e. The lowest BCUT2D eigenvalue weighted by molar-refractivity contribution is -0.149. The third-order valence-corrected chi connectivity index (χ3v) is 20.8. The average molecular weight is 1460 g/mol. The van der Waals surface area contributed by atoms with Gasteiger partial charge < -0.3 is 105 Å². The van der Waals surface area contributed by atoms with Gasteiger partial charge in [-0.05, 0) is 81.9 Å². The van der Waals surface area contributed by atoms with E-state index in [4.69, 9.17) is 11.5 Å². The van der Waals surface area contributed by atoms with Crippen LogP contribution in [0.25, 0.3) is 0 Å². The molecule has 101 heavy (non-hydrogen) atoms. The lowest BCUT2D eigenvalue weighted by Crippen LogP contribution is -2.63. The predicted molar refractivity (Wildman–Crippen MR) is 360 cm³/mol. The van der Waals surface area contributed by atoms with Crippen molar-refractivity contribution in [3.05, 3.63) is 29.8 Å². The van der Waals surface area contributed by atoms with Crippen LogP contribution in [0.4, 0.5) is 0 Å². The van der Waals surface area contributed by atoms with Crippen LogP contribution >= 0.6 is 21.6 Å². The Morgan fingerprint density at radius 2 is 0.891 bits per heavy atom. The summed E-state index contributed by atoms with van der Waals surface area (Å²) in [6, 6.07) is -16.2. The number of rotatable bonds is 13. The second-order valence-electron chi connectivity index (χ2n) is 25.9. The maximum absolute atomic E-state index is 14.9. The summed E-state index contributed by atoms with van der Waals surface area (Å²) in [7, 11) is 1.48. The van der Waals surface area contributed by atoms with E-state index in [-0.39, 0.29) is 63.9 Å². The molecule has 2 bridgehead atoms. The van der Waals surface area contributed by atoms with E-state index in [1.807, 2.05) is 0 Å². The minimum atomic E-state index is -2.04. The number of nitrogens with one attached hydrogen (secondary N) is 11. The number of amides is 16. The van der Waals surface area contributed by atoms with E-state index in [0.29, 0.717) is 18.4 Å². The van der Waals surface area contributed by atoms with Gasteiger partial charge in [-0.25, -0.2) is 0 Å². The molecule has 1 aromatic carbocycles. The van der Waals surface area contributed by atoms with Crippen molar-refractivity contribution in [2.75, 3.05) is 44.3 Å². The number of phenolic OH excluding ortho intramolecular Hbond substituents is 1. The molecule has 38 heteroatoms. The first-order valence-corrected chi connectivity index (χ1v) is 36.1. The first-order chi connectivity index (χ1) is 47.8. The van der Waals surface area contributed by atoms with Gasteiger partial charge in [0.2, 0.25) is 94.5 Å². The molecular weight excluding hydrogens is 1360 g/mol. The molecule has 0 saturated carbocycles. The van der Waals surface area contributed by atoms with E-state index in [2.05, 4.69) is 58.5 Å². The summed E-state index contributed by atoms with van der Waals surface area (Å²) in [6.07, 6.45) is -4.27. The molecule has 5 aliphatic rings. The van der Waals surface area contributed by atoms with Gasteiger partial charge in [-0.15, -0.1) is 0 Å². The highest BCUT2D eigenvalue weighted by Gasteiger charge is 2.47. The number of carbonyl (C=O) groups excluding carboxylic acids is 16. The zero-order chi connectivity index (χ0) is 74.7. The van der Waals surface area contributed by atoms with Crippen molar-refractivity contribution in [2.24, 2.45) is 23.3 Å². The molecule has 5 heterocycles. The number of primary amides is 2. The second kappa shape index (κ2) is 37.7. The number of aliphatic hydroxyl groups excluding tert-OH is 3. The Balaban J connectivity index is 1.49. The number of nitrogens with two attached hydrogens (primary N) is 2. The summed E-state index contributed by atoms with van der Waals surface area (Å²) in [5.74, 6) is -19.5. The van der Waals surface area contributed by atoms with E-state index >= 15 is 0 Å². The third kappa shape index (κ3) is 22.1. The number of aliphatic hydroxyl groups is 3. The Kier molecular flexibility index (Phi) is 30.3. The Morgan fingerprint density at radius 1 is 0.475 bits per heavy atom. The molecule has 0 unspecified atom stereocenters. The standard InChI is InChI=1S/C63H94N16O20S2/c1-7-29(3)47-58(94)71-39-27-100-101-28-40(72-59(95)49(31(5)81)73-46(86)25-66-51(87)36(23-44(64)84)67-56(92)41-12-9-19-77(41)61(97)37(24-45(65)85)69-54(39)90)55(91)76-50(32(6)82)60(96)68-35(22-33-15-17-34(83)18-16-33)52(88)70-38(26-80)53(89)75-48(30(4)8-2)63(99)79-21-11-14-43(79)62(98)78-20-10-13-42(78)57(93)74-47/h15-18,29-32,35-43,47-50,80-83H,7-14,19-28H2,1-6H3,(H2,64,84)(H2,65,85)(H,66,87)(H,67,92)(H,68,96)(H,69,90)(H,70,88)(H,71,94)(H,72,95)(H,73,86)(H,74,93)(H,75,89)(H,76,91)/t29-,30-,31+,32+,35-,36-,37-,38-,39-,40-,41-,42-,43-,47-,48-,49-,50-/m0/s1. The first-order valence-electron chi connectivity index (χ1n) is 33.6. The van der Waals surface area contributed by atoms with Gasteiger partial charge in [0.25, 0.3) is 0 Å². The molecule has 558 valence electrons. The highest BCUT2D eigenvalue weighted by Crippen LogP contribution is 2.29. The normalized spacial score (nSPS) is 29.6. The molecule has 0 aromatic heterocycles. The zero-order valence-electron chi connectivity index (χ0n) is 57.0. The van der Waals surface area contributed by atoms with Crippen molar-refractivity contribution in [3.8, 4) is 5.75 Å². The van der Waals surface area contributed by atoms with Gasteiger partial charge in [-0.2, -0.15) is 0 Å². The maximum Gasteiger partial charge on any atom is 0.246 e. The Bertz CT molecular complexity index is 3260. The number of carbonyl (C=O) groups is 16. The summed E-state index contributed by atoms with van der Waals surface area (Å²) in [6.45, 7) is 6.73. The van der Waals surface area contributed by atoms with E-state index in [1.54, 1.807) is 27.7 Å². The molecule has 5 aliphatic heterocycles. The van der Waals surface area contributed by atoms with Crippen molar-refractivity contribution < 1.29 is 97.1 Å². The topological polar surface area (TPSA) is 548 Å². The van der Waals surface area contributed by atoms with Crippen molar-refractivity contribution in [1.29, 1.82) is 0 Å². The number of phenols is 1. The van der Waals surface area contributed by atoms with Crippen LogP contribution in [-0.4, -0.2) is 265 Å². The Labute approximate surface area is 590 Å². The minimum absolute atomic E-state index is 0.0460. The molecular formula is C63H94N16O20S2. The monoisotopic (exact) mass is 1460 g/mol. The smallest absolute Gasteiger partial charge is 0.246 e. The summed E-state index contributed by atoms with van der Waals surface area (Å²) in [4.78, 5) is 231. The molecule has 5 saturated heterocycles. The number of hydrogen-bond donors (Lipinski definition) is 17. The predicted octanol–water partition coefficient (Wildman–Crippen LogP) is -7.12. The van der Waals surface area contributed by atoms with Crippen LogP contribution in [0.2, 0.25) is 0 Å². The van der Waals surface area contributed by atoms with Crippen LogP contribution in [0, 0.1) is 11.8 Å². The van der Waals surface area contributed by atoms with Crippen LogP contribution in [0.1, 0.15) is 111 Å². The number of fused-ring (bicyclic) bond motifs is 8. The van der Waals surface area contributed by atoms with Gasteiger partial charge in [-0.3, -0.25) is 76.7 Å². The van der Waals surface area contributed by atoms with Crippen LogP contribution in [-0.2, 0) is 83.1 Å². The second-order valence-corrected chi connectivity index (χ2v) is 28.4. The fourth-order valence-corrected chi connectivity index (χ4v) is 14.5. The van der Waals surface area contributed by atoms with Gasteiger partial charge in [0.05, 0.1) is 38.2 Å². The van der Waals surface area contributed by atoms with E-state index in [0.717, 1.165) is 40.3 Å². The molecule has 6 rings (SSSR count). The fraction of sp³-hybridized carbons (Fsp3) is 0.651. The third-order valence-electron chi connectivity index (χ3n) is 18.3. The van der Waals surface area contributed by atoms with Crippen LogP contribution in [0.5, 0.6) is 5.75 Å². The molecule has 5 fully saturated rings. The lowest BCUT2D eigenvalue weighted by Gasteiger charge is -2.35. The van der Waals surface area contributed by atoms with Gasteiger partial charge in [-0.1, -0.05) is 74.3 Å². The zero-order valence-corrected chi connectivity index (χ0v) is 58.6. The number of hydrogen-bond acceptors (Lipinski definition) is 22. The Morgan fingerprint density at radius 3 is 1.43 bits per heavy atom. The van der Waals surface area contributed by atoms with Crippen molar-refractivity contribution in [2.45, 2.75) is 203 Å². The average Bonchev–Trinajstić information content (AvgIpc) is 1.68. The summed E-state index contributed by atoms with van der Waals surface area (Å²) >= 11 is 0. The highest BCUT2D eigenvalue weighted by molar-refractivity contribution is 8.76. The largest absolute Gasteiger partial charge is 0.508 e. The van der Waals surface area contributed by atoms with Crippen LogP contribution in [0.3, 0.4) is 0 Å². The molecule has 0 aliphatic carbocycles. The van der Waals surface area contributed by atoms with Gasteiger partial charge >= 0.3 is 0 Å². The molecule has 0 radical (unpaired) electrons. The van der Waals surface area contributed by atoms with E-state index in [1.165, 1.54) is 34.1 Å². The molecule has 0 spiro atoms. The lowest BCUT2D eigenvalue weighted by atomic mass is 9.96. The van der Waals surface area contributed by atoms with Gasteiger partial charge in [0.1, 0.15) is 84.3 Å². The molecule has 17 atom stereocenters. The number of aromatic hydroxyl groups is 1. The maximum atomic E-state index is 14.9. The van der Waals surface area contributed by atoms with Crippen LogP contribution < -0.4 is 70.0 Å². The molecule has 19 N–H and O–H groups in total. The first kappa shape index (κ1) is 81.1. The van der Waals surface area contributed by atoms with Gasteiger partial charge in [0, 0.05) is 37.6 Å². The molecule has 36 nitrogen and oxygen atoms in total. The van der Waals surface area contributed by atoms with E-state index < -0.39 is 241 Å². The van der Waals surface area contributed by atoms with Crippen LogP contribution in [0.15, 0.2) is 24.3 Å². The van der Waals surface area contributed by atoms with Gasteiger partial charge in [0.15, 0.2) is 0 Å². The Hall–Kier alpha value is -8.88.